The molecule has 1 unspecified atom stereocenters. The van der Waals surface area contributed by atoms with E-state index >= 15 is 0 Å². The van der Waals surface area contributed by atoms with Crippen molar-refractivity contribution in [2.45, 2.75) is 19.8 Å². The highest BCUT2D eigenvalue weighted by Crippen LogP contribution is 2.16. The van der Waals surface area contributed by atoms with Crippen LogP contribution in [0.3, 0.4) is 0 Å². The lowest BCUT2D eigenvalue weighted by Crippen LogP contribution is -2.44. The maximum atomic E-state index is 11.4. The number of piperidine rings is 1. The highest BCUT2D eigenvalue weighted by molar-refractivity contribution is 5.79. The fourth-order valence-corrected chi connectivity index (χ4v) is 1.66. The lowest BCUT2D eigenvalue weighted by molar-refractivity contribution is -0.140. The minimum atomic E-state index is -0.140. The molecule has 1 atom stereocenters. The normalized spacial score (nSPS) is 21.9. The second-order valence-electron chi connectivity index (χ2n) is 3.47. The van der Waals surface area contributed by atoms with Gasteiger partial charge < -0.3 is 4.90 Å². The Kier molecular flexibility index (Phi) is 3.88. The first-order valence-corrected chi connectivity index (χ1v) is 4.73. The Labute approximate surface area is 83.4 Å². The van der Waals surface area contributed by atoms with E-state index in [1.807, 2.05) is 0 Å². The molecule has 5 heteroatoms. The van der Waals surface area contributed by atoms with Gasteiger partial charge >= 0.3 is 0 Å². The molecular weight excluding hydrogens is 184 g/mol. The van der Waals surface area contributed by atoms with Gasteiger partial charge in [0.05, 0.1) is 13.0 Å². The van der Waals surface area contributed by atoms with Gasteiger partial charge in [0.2, 0.25) is 11.8 Å². The molecule has 1 aliphatic rings. The molecule has 1 aliphatic heterocycles. The number of hydroxylamine groups is 1. The Morgan fingerprint density at radius 3 is 2.79 bits per heavy atom. The molecule has 2 amide bonds. The minimum Gasteiger partial charge on any atom is -0.342 e. The summed E-state index contributed by atoms with van der Waals surface area (Å²) in [5.74, 6) is -0.244. The predicted molar refractivity (Wildman–Crippen MR) is 50.1 cm³/mol. The zero-order valence-corrected chi connectivity index (χ0v) is 8.58. The third-order valence-electron chi connectivity index (χ3n) is 2.44. The molecule has 0 radical (unpaired) electrons. The van der Waals surface area contributed by atoms with E-state index in [0.29, 0.717) is 6.54 Å². The molecule has 1 heterocycles. The van der Waals surface area contributed by atoms with Gasteiger partial charge in [-0.1, -0.05) is 0 Å². The lowest BCUT2D eigenvalue weighted by Gasteiger charge is -2.30. The van der Waals surface area contributed by atoms with Crippen LogP contribution in [0.5, 0.6) is 0 Å². The summed E-state index contributed by atoms with van der Waals surface area (Å²) in [6.45, 7) is 2.78. The van der Waals surface area contributed by atoms with E-state index in [-0.39, 0.29) is 17.7 Å². The van der Waals surface area contributed by atoms with Crippen LogP contribution in [-0.4, -0.2) is 36.9 Å². The Bertz CT molecular complexity index is 230. The number of nitrogens with one attached hydrogen (secondary N) is 1. The number of carbonyl (C=O) groups excluding carboxylic acids is 2. The summed E-state index contributed by atoms with van der Waals surface area (Å²) < 4.78 is 0. The molecule has 0 bridgehead atoms. The minimum absolute atomic E-state index is 0.0277. The topological polar surface area (TPSA) is 58.6 Å². The fourth-order valence-electron chi connectivity index (χ4n) is 1.66. The molecule has 0 spiro atoms. The van der Waals surface area contributed by atoms with Crippen LogP contribution in [0.15, 0.2) is 0 Å². The van der Waals surface area contributed by atoms with E-state index in [1.165, 1.54) is 14.0 Å². The van der Waals surface area contributed by atoms with Crippen molar-refractivity contribution >= 4 is 11.8 Å². The average molecular weight is 200 g/mol. The predicted octanol–water partition coefficient (Wildman–Crippen LogP) is -0.0775. The molecular formula is C9H16N2O3. The van der Waals surface area contributed by atoms with Crippen LogP contribution in [0.25, 0.3) is 0 Å². The standard InChI is InChI=1S/C9H16N2O3/c1-7(12)11-5-3-4-8(6-11)9(13)10-14-2/h8H,3-6H2,1-2H3,(H,10,13). The zero-order chi connectivity index (χ0) is 10.6. The van der Waals surface area contributed by atoms with Crippen LogP contribution in [0.2, 0.25) is 0 Å². The van der Waals surface area contributed by atoms with Gasteiger partial charge in [0, 0.05) is 20.0 Å². The van der Waals surface area contributed by atoms with Gasteiger partial charge in [0.1, 0.15) is 0 Å². The SMILES string of the molecule is CONC(=O)C1CCCN(C(C)=O)C1. The third-order valence-corrected chi connectivity index (χ3v) is 2.44. The van der Waals surface area contributed by atoms with Crippen molar-refractivity contribution in [2.24, 2.45) is 5.92 Å². The molecule has 5 nitrogen and oxygen atoms in total. The van der Waals surface area contributed by atoms with Crippen molar-refractivity contribution in [2.75, 3.05) is 20.2 Å². The first-order chi connectivity index (χ1) is 6.65. The van der Waals surface area contributed by atoms with Crippen molar-refractivity contribution in [1.82, 2.24) is 10.4 Å². The van der Waals surface area contributed by atoms with E-state index in [2.05, 4.69) is 10.3 Å². The average Bonchev–Trinajstić information content (AvgIpc) is 2.18. The van der Waals surface area contributed by atoms with Crippen LogP contribution < -0.4 is 5.48 Å². The van der Waals surface area contributed by atoms with E-state index in [1.54, 1.807) is 4.90 Å². The highest BCUT2D eigenvalue weighted by atomic mass is 16.6. The lowest BCUT2D eigenvalue weighted by atomic mass is 9.97. The second kappa shape index (κ2) is 4.95. The van der Waals surface area contributed by atoms with E-state index in [9.17, 15) is 9.59 Å². The monoisotopic (exact) mass is 200 g/mol. The van der Waals surface area contributed by atoms with Gasteiger partial charge in [0.25, 0.3) is 0 Å². The maximum Gasteiger partial charge on any atom is 0.248 e. The summed E-state index contributed by atoms with van der Waals surface area (Å²) in [5.41, 5.74) is 2.30. The molecule has 1 fully saturated rings. The Morgan fingerprint density at radius 2 is 2.21 bits per heavy atom. The van der Waals surface area contributed by atoms with Crippen LogP contribution in [-0.2, 0) is 14.4 Å². The van der Waals surface area contributed by atoms with Gasteiger partial charge in [-0.3, -0.25) is 14.4 Å². The first kappa shape index (κ1) is 11.0. The van der Waals surface area contributed by atoms with Crippen LogP contribution in [0.1, 0.15) is 19.8 Å². The molecule has 1 saturated heterocycles. The molecule has 1 N–H and O–H groups in total. The van der Waals surface area contributed by atoms with E-state index in [0.717, 1.165) is 19.4 Å². The number of likely N-dealkylation sites (tertiary alicyclic amines) is 1. The number of hydrogen-bond donors (Lipinski definition) is 1. The smallest absolute Gasteiger partial charge is 0.248 e. The van der Waals surface area contributed by atoms with Crippen molar-refractivity contribution in [3.8, 4) is 0 Å². The molecule has 1 rings (SSSR count). The summed E-state index contributed by atoms with van der Waals surface area (Å²) in [4.78, 5) is 28.7. The van der Waals surface area contributed by atoms with Crippen LogP contribution >= 0.6 is 0 Å². The molecule has 0 aliphatic carbocycles. The zero-order valence-electron chi connectivity index (χ0n) is 8.58. The largest absolute Gasteiger partial charge is 0.342 e. The molecule has 0 aromatic heterocycles. The van der Waals surface area contributed by atoms with Gasteiger partial charge in [-0.05, 0) is 12.8 Å². The Hall–Kier alpha value is -1.10. The van der Waals surface area contributed by atoms with Crippen molar-refractivity contribution < 1.29 is 14.4 Å². The van der Waals surface area contributed by atoms with E-state index in [4.69, 9.17) is 0 Å². The highest BCUT2D eigenvalue weighted by Gasteiger charge is 2.26. The van der Waals surface area contributed by atoms with Gasteiger partial charge in [-0.15, -0.1) is 0 Å². The summed E-state index contributed by atoms with van der Waals surface area (Å²) in [6.07, 6.45) is 1.69. The van der Waals surface area contributed by atoms with Crippen molar-refractivity contribution in [3.05, 3.63) is 0 Å². The summed E-state index contributed by atoms with van der Waals surface area (Å²) >= 11 is 0. The molecule has 0 aromatic rings. The maximum absolute atomic E-state index is 11.4. The summed E-state index contributed by atoms with van der Waals surface area (Å²) in [7, 11) is 1.41. The fraction of sp³-hybridized carbons (Fsp3) is 0.778. The number of carbonyl (C=O) groups is 2. The Morgan fingerprint density at radius 1 is 1.50 bits per heavy atom. The van der Waals surface area contributed by atoms with Crippen LogP contribution in [0.4, 0.5) is 0 Å². The van der Waals surface area contributed by atoms with Crippen molar-refractivity contribution in [1.29, 1.82) is 0 Å². The number of rotatable bonds is 2. The quantitative estimate of drug-likeness (QED) is 0.634. The number of hydrogen-bond acceptors (Lipinski definition) is 3. The van der Waals surface area contributed by atoms with Crippen molar-refractivity contribution in [3.63, 3.8) is 0 Å². The molecule has 80 valence electrons. The second-order valence-corrected chi connectivity index (χ2v) is 3.47. The number of amides is 2. The molecule has 0 saturated carbocycles. The summed E-state index contributed by atoms with van der Waals surface area (Å²) in [5, 5.41) is 0. The molecule has 0 aromatic carbocycles. The van der Waals surface area contributed by atoms with E-state index < -0.39 is 0 Å². The van der Waals surface area contributed by atoms with Crippen LogP contribution in [0, 0.1) is 5.92 Å². The van der Waals surface area contributed by atoms with Gasteiger partial charge in [0.15, 0.2) is 0 Å². The number of nitrogens with zero attached hydrogens (tertiary/aromatic N) is 1. The Balaban J connectivity index is 2.47. The third kappa shape index (κ3) is 2.70. The molecule has 14 heavy (non-hydrogen) atoms. The summed E-state index contributed by atoms with van der Waals surface area (Å²) in [6, 6.07) is 0. The van der Waals surface area contributed by atoms with Gasteiger partial charge in [-0.2, -0.15) is 0 Å². The first-order valence-electron chi connectivity index (χ1n) is 4.73. The van der Waals surface area contributed by atoms with Gasteiger partial charge in [-0.25, -0.2) is 5.48 Å².